The number of hydrogen-bond donors (Lipinski definition) is 5. The van der Waals surface area contributed by atoms with Gasteiger partial charge < -0.3 is 30.9 Å². The molecule has 38 heavy (non-hydrogen) atoms. The van der Waals surface area contributed by atoms with Crippen LogP contribution in [0.1, 0.15) is 33.6 Å². The highest BCUT2D eigenvalue weighted by Crippen LogP contribution is 2.25. The number of anilines is 5. The van der Waals surface area contributed by atoms with Gasteiger partial charge >= 0.3 is 0 Å². The molecule has 0 spiro atoms. The van der Waals surface area contributed by atoms with E-state index in [1.165, 1.54) is 6.07 Å². The highest BCUT2D eigenvalue weighted by Gasteiger charge is 2.17. The number of carbonyl (C=O) groups excluding carboxylic acids is 2. The van der Waals surface area contributed by atoms with E-state index < -0.39 is 5.82 Å². The average molecular weight is 514 g/mol. The number of rotatable bonds is 7. The summed E-state index contributed by atoms with van der Waals surface area (Å²) < 4.78 is 14.6. The molecule has 0 unspecified atom stereocenters. The summed E-state index contributed by atoms with van der Waals surface area (Å²) >= 11 is 0. The van der Waals surface area contributed by atoms with Crippen molar-refractivity contribution in [3.8, 4) is 0 Å². The number of aromatic nitrogens is 1. The average Bonchev–Trinajstić information content (AvgIpc) is 3.47. The fraction of sp³-hybridized carbons (Fsp3) is 0.172. The molecule has 2 amide bonds. The molecule has 1 aliphatic rings. The number of H-pyrrole nitrogens is 1. The monoisotopic (exact) mass is 513 g/mol. The van der Waals surface area contributed by atoms with Crippen molar-refractivity contribution in [3.63, 3.8) is 0 Å². The van der Waals surface area contributed by atoms with Gasteiger partial charge in [0.25, 0.3) is 11.8 Å². The first-order chi connectivity index (χ1) is 18.4. The van der Waals surface area contributed by atoms with Crippen LogP contribution in [0.4, 0.5) is 32.8 Å². The first-order valence-electron chi connectivity index (χ1n) is 12.4. The molecule has 1 aromatic heterocycles. The van der Waals surface area contributed by atoms with Crippen molar-refractivity contribution >= 4 is 40.3 Å². The minimum atomic E-state index is -0.515. The third-order valence-corrected chi connectivity index (χ3v) is 6.47. The standard InChI is InChI=1S/C29H28FN5O3/c30-26-17-23(34-29(38)20-11-14-31-18-20)7-10-27(26)32-21-3-5-22(6-4-21)33-28(37)19-1-8-24(9-2-19)35-15-12-25(36)13-16-35/h1-11,14,17-18,25,31-32,36H,12-13,15-16H2,(H,33,37)(H,34,38). The Morgan fingerprint density at radius 1 is 0.816 bits per heavy atom. The molecule has 0 aliphatic carbocycles. The predicted molar refractivity (Wildman–Crippen MR) is 147 cm³/mol. The number of aliphatic hydroxyl groups is 1. The lowest BCUT2D eigenvalue weighted by Crippen LogP contribution is -2.35. The number of piperidine rings is 1. The third kappa shape index (κ3) is 6.01. The van der Waals surface area contributed by atoms with Crippen LogP contribution in [0.25, 0.3) is 0 Å². The van der Waals surface area contributed by atoms with E-state index in [1.807, 2.05) is 12.1 Å². The SMILES string of the molecule is O=C(Nc1ccc(Nc2ccc(NC(=O)c3cc[nH]c3)cc2F)cc1)c1ccc(N2CCC(O)CC2)cc1. The zero-order chi connectivity index (χ0) is 26.5. The van der Waals surface area contributed by atoms with Crippen molar-refractivity contribution in [1.82, 2.24) is 4.98 Å². The number of nitrogens with one attached hydrogen (secondary N) is 4. The van der Waals surface area contributed by atoms with Gasteiger partial charge in [0.05, 0.1) is 17.4 Å². The van der Waals surface area contributed by atoms with Gasteiger partial charge in [-0.15, -0.1) is 0 Å². The van der Waals surface area contributed by atoms with Crippen molar-refractivity contribution in [2.75, 3.05) is 33.9 Å². The summed E-state index contributed by atoms with van der Waals surface area (Å²) in [5, 5.41) is 18.2. The molecule has 0 radical (unpaired) electrons. The van der Waals surface area contributed by atoms with Crippen molar-refractivity contribution in [3.05, 3.63) is 102 Å². The minimum Gasteiger partial charge on any atom is -0.393 e. The summed E-state index contributed by atoms with van der Waals surface area (Å²) in [6.45, 7) is 1.59. The Bertz CT molecular complexity index is 1400. The third-order valence-electron chi connectivity index (χ3n) is 6.47. The Balaban J connectivity index is 1.16. The van der Waals surface area contributed by atoms with E-state index in [0.717, 1.165) is 31.6 Å². The van der Waals surface area contributed by atoms with Crippen LogP contribution >= 0.6 is 0 Å². The topological polar surface area (TPSA) is 109 Å². The number of benzene rings is 3. The van der Waals surface area contributed by atoms with E-state index in [4.69, 9.17) is 0 Å². The Hall–Kier alpha value is -4.63. The lowest BCUT2D eigenvalue weighted by Gasteiger charge is -2.31. The van der Waals surface area contributed by atoms with Crippen LogP contribution in [0.2, 0.25) is 0 Å². The number of hydrogen-bond acceptors (Lipinski definition) is 5. The van der Waals surface area contributed by atoms with Crippen molar-refractivity contribution in [2.24, 2.45) is 0 Å². The largest absolute Gasteiger partial charge is 0.393 e. The van der Waals surface area contributed by atoms with Crippen molar-refractivity contribution < 1.29 is 19.1 Å². The molecular formula is C29H28FN5O3. The second kappa shape index (κ2) is 11.2. The van der Waals surface area contributed by atoms with Gasteiger partial charge in [-0.1, -0.05) is 0 Å². The Labute approximate surface area is 219 Å². The smallest absolute Gasteiger partial charge is 0.257 e. The zero-order valence-electron chi connectivity index (χ0n) is 20.6. The number of aromatic amines is 1. The normalized spacial score (nSPS) is 13.7. The van der Waals surface area contributed by atoms with Crippen LogP contribution in [0.15, 0.2) is 85.2 Å². The number of nitrogens with zero attached hydrogens (tertiary/aromatic N) is 1. The Morgan fingerprint density at radius 2 is 1.45 bits per heavy atom. The number of aliphatic hydroxyl groups excluding tert-OH is 1. The van der Waals surface area contributed by atoms with Gasteiger partial charge in [0.2, 0.25) is 0 Å². The molecule has 0 bridgehead atoms. The van der Waals surface area contributed by atoms with Gasteiger partial charge in [-0.25, -0.2) is 4.39 Å². The summed E-state index contributed by atoms with van der Waals surface area (Å²) in [7, 11) is 0. The summed E-state index contributed by atoms with van der Waals surface area (Å²) in [4.78, 5) is 29.8. The van der Waals surface area contributed by atoms with Crippen LogP contribution in [-0.4, -0.2) is 41.1 Å². The van der Waals surface area contributed by atoms with Crippen LogP contribution in [-0.2, 0) is 0 Å². The molecule has 5 N–H and O–H groups in total. The Morgan fingerprint density at radius 3 is 2.11 bits per heavy atom. The van der Waals surface area contributed by atoms with E-state index in [2.05, 4.69) is 25.8 Å². The van der Waals surface area contributed by atoms with Gasteiger partial charge in [-0.2, -0.15) is 0 Å². The molecule has 1 aliphatic heterocycles. The minimum absolute atomic E-state index is 0.227. The molecule has 9 heteroatoms. The fourth-order valence-corrected chi connectivity index (χ4v) is 4.31. The second-order valence-electron chi connectivity index (χ2n) is 9.17. The molecule has 4 aromatic rings. The van der Waals surface area contributed by atoms with Crippen LogP contribution in [0, 0.1) is 5.82 Å². The molecular weight excluding hydrogens is 485 g/mol. The van der Waals surface area contributed by atoms with Gasteiger partial charge in [-0.05, 0) is 85.6 Å². The van der Waals surface area contributed by atoms with Gasteiger partial charge in [-0.3, -0.25) is 9.59 Å². The maximum Gasteiger partial charge on any atom is 0.257 e. The van der Waals surface area contributed by atoms with Crippen LogP contribution in [0.3, 0.4) is 0 Å². The van der Waals surface area contributed by atoms with Crippen LogP contribution in [0.5, 0.6) is 0 Å². The molecule has 3 aromatic carbocycles. The molecule has 5 rings (SSSR count). The van der Waals surface area contributed by atoms with Crippen molar-refractivity contribution in [2.45, 2.75) is 18.9 Å². The summed E-state index contributed by atoms with van der Waals surface area (Å²) in [6.07, 6.45) is 4.47. The lowest BCUT2D eigenvalue weighted by molar-refractivity contribution is 0.101. The first-order valence-corrected chi connectivity index (χ1v) is 12.4. The lowest BCUT2D eigenvalue weighted by atomic mass is 10.1. The molecule has 1 fully saturated rings. The predicted octanol–water partition coefficient (Wildman–Crippen LogP) is 5.36. The van der Waals surface area contributed by atoms with E-state index in [0.29, 0.717) is 28.2 Å². The summed E-state index contributed by atoms with van der Waals surface area (Å²) in [5.41, 5.74) is 3.88. The van der Waals surface area contributed by atoms with E-state index >= 15 is 0 Å². The number of halogens is 1. The van der Waals surface area contributed by atoms with Gasteiger partial charge in [0.1, 0.15) is 5.82 Å². The highest BCUT2D eigenvalue weighted by atomic mass is 19.1. The molecule has 8 nitrogen and oxygen atoms in total. The zero-order valence-corrected chi connectivity index (χ0v) is 20.6. The fourth-order valence-electron chi connectivity index (χ4n) is 4.31. The summed E-state index contributed by atoms with van der Waals surface area (Å²) in [5.74, 6) is -1.07. The van der Waals surface area contributed by atoms with Crippen molar-refractivity contribution in [1.29, 1.82) is 0 Å². The van der Waals surface area contributed by atoms with Gasteiger partial charge in [0.15, 0.2) is 0 Å². The molecule has 194 valence electrons. The highest BCUT2D eigenvalue weighted by molar-refractivity contribution is 6.05. The van der Waals surface area contributed by atoms with E-state index in [9.17, 15) is 19.1 Å². The van der Waals surface area contributed by atoms with Crippen LogP contribution < -0.4 is 20.9 Å². The first kappa shape index (κ1) is 25.0. The maximum absolute atomic E-state index is 14.6. The summed E-state index contributed by atoms with van der Waals surface area (Å²) in [6, 6.07) is 20.4. The van der Waals surface area contributed by atoms with Gasteiger partial charge in [0, 0.05) is 53.8 Å². The van der Waals surface area contributed by atoms with E-state index in [-0.39, 0.29) is 23.6 Å². The molecule has 2 heterocycles. The maximum atomic E-state index is 14.6. The second-order valence-corrected chi connectivity index (χ2v) is 9.17. The molecule has 0 saturated carbocycles. The number of carbonyl (C=O) groups is 2. The Kier molecular flexibility index (Phi) is 7.37. The van der Waals surface area contributed by atoms with E-state index in [1.54, 1.807) is 67.0 Å². The number of amides is 2. The quantitative estimate of drug-likeness (QED) is 0.229. The molecule has 1 saturated heterocycles. The molecule has 0 atom stereocenters.